The fourth-order valence-electron chi connectivity index (χ4n) is 1.68. The molecule has 8 heteroatoms. The van der Waals surface area contributed by atoms with Gasteiger partial charge in [0, 0.05) is 23.3 Å². The average Bonchev–Trinajstić information content (AvgIpc) is 2.39. The molecule has 21 heavy (non-hydrogen) atoms. The van der Waals surface area contributed by atoms with E-state index in [0.717, 1.165) is 12.1 Å². The molecule has 0 spiro atoms. The summed E-state index contributed by atoms with van der Waals surface area (Å²) in [6, 6.07) is 5.03. The van der Waals surface area contributed by atoms with Gasteiger partial charge in [-0.2, -0.15) is 18.2 Å². The van der Waals surface area contributed by atoms with E-state index in [4.69, 9.17) is 0 Å². The Kier molecular flexibility index (Phi) is 4.36. The molecule has 0 atom stereocenters. The van der Waals surface area contributed by atoms with Gasteiger partial charge in [-0.3, -0.25) is 0 Å². The first-order valence-electron chi connectivity index (χ1n) is 5.97. The first-order valence-corrected chi connectivity index (χ1v) is 6.76. The van der Waals surface area contributed by atoms with Crippen molar-refractivity contribution in [2.75, 3.05) is 17.7 Å². The lowest BCUT2D eigenvalue weighted by Gasteiger charge is -2.13. The molecule has 0 amide bonds. The summed E-state index contributed by atoms with van der Waals surface area (Å²) in [7, 11) is 1.67. The highest BCUT2D eigenvalue weighted by atomic mass is 79.9. The van der Waals surface area contributed by atoms with Crippen LogP contribution in [-0.4, -0.2) is 17.0 Å². The summed E-state index contributed by atoms with van der Waals surface area (Å²) in [4.78, 5) is 8.26. The van der Waals surface area contributed by atoms with Crippen LogP contribution >= 0.6 is 15.9 Å². The van der Waals surface area contributed by atoms with Gasteiger partial charge in [0.25, 0.3) is 0 Å². The number of alkyl halides is 3. The van der Waals surface area contributed by atoms with Gasteiger partial charge in [0.15, 0.2) is 0 Å². The standard InChI is InChI=1S/C13H12BrF3N4/c1-7-5-11(21-12(18-2)19-7)20-10-6-8(13(15,16)17)3-4-9(10)14/h3-6H,1-2H3,(H2,18,19,20,21). The summed E-state index contributed by atoms with van der Waals surface area (Å²) in [6.45, 7) is 1.77. The van der Waals surface area contributed by atoms with Crippen molar-refractivity contribution < 1.29 is 13.2 Å². The Labute approximate surface area is 127 Å². The summed E-state index contributed by atoms with van der Waals surface area (Å²) in [5, 5.41) is 5.65. The molecule has 0 bridgehead atoms. The highest BCUT2D eigenvalue weighted by molar-refractivity contribution is 9.10. The second-order valence-corrected chi connectivity index (χ2v) is 5.14. The van der Waals surface area contributed by atoms with Crippen LogP contribution in [0.15, 0.2) is 28.7 Å². The van der Waals surface area contributed by atoms with Crippen molar-refractivity contribution in [3.63, 3.8) is 0 Å². The lowest BCUT2D eigenvalue weighted by molar-refractivity contribution is -0.137. The van der Waals surface area contributed by atoms with Crippen molar-refractivity contribution in [1.82, 2.24) is 9.97 Å². The van der Waals surface area contributed by atoms with Crippen LogP contribution in [0.5, 0.6) is 0 Å². The number of aryl methyl sites for hydroxylation is 1. The number of benzene rings is 1. The topological polar surface area (TPSA) is 49.8 Å². The molecule has 2 rings (SSSR count). The predicted octanol–water partition coefficient (Wildman–Crippen LogP) is 4.35. The minimum atomic E-state index is -4.39. The van der Waals surface area contributed by atoms with Crippen LogP contribution in [-0.2, 0) is 6.18 Å². The fourth-order valence-corrected chi connectivity index (χ4v) is 2.03. The number of nitrogens with zero attached hydrogens (tertiary/aromatic N) is 2. The minimum absolute atomic E-state index is 0.282. The molecule has 0 unspecified atom stereocenters. The van der Waals surface area contributed by atoms with Gasteiger partial charge in [0.1, 0.15) is 5.82 Å². The summed E-state index contributed by atoms with van der Waals surface area (Å²) in [5.41, 5.74) is 0.248. The molecule has 1 aromatic carbocycles. The van der Waals surface area contributed by atoms with Crippen molar-refractivity contribution in [3.8, 4) is 0 Å². The van der Waals surface area contributed by atoms with Crippen LogP contribution in [0.4, 0.5) is 30.6 Å². The third kappa shape index (κ3) is 3.84. The lowest BCUT2D eigenvalue weighted by Crippen LogP contribution is -2.06. The van der Waals surface area contributed by atoms with Crippen molar-refractivity contribution in [1.29, 1.82) is 0 Å². The zero-order valence-electron chi connectivity index (χ0n) is 11.2. The van der Waals surface area contributed by atoms with Gasteiger partial charge in [0.2, 0.25) is 5.95 Å². The van der Waals surface area contributed by atoms with Crippen molar-refractivity contribution in [2.24, 2.45) is 0 Å². The molecule has 0 saturated carbocycles. The van der Waals surface area contributed by atoms with Gasteiger partial charge in [-0.15, -0.1) is 0 Å². The third-order valence-electron chi connectivity index (χ3n) is 2.63. The number of nitrogens with one attached hydrogen (secondary N) is 2. The van der Waals surface area contributed by atoms with Crippen LogP contribution in [0, 0.1) is 6.92 Å². The third-order valence-corrected chi connectivity index (χ3v) is 3.33. The molecule has 0 fully saturated rings. The molecule has 0 saturated heterocycles. The first kappa shape index (κ1) is 15.6. The summed E-state index contributed by atoms with van der Waals surface area (Å²) < 4.78 is 38.7. The Morgan fingerprint density at radius 2 is 1.86 bits per heavy atom. The lowest BCUT2D eigenvalue weighted by atomic mass is 10.2. The zero-order chi connectivity index (χ0) is 15.6. The van der Waals surface area contributed by atoms with E-state index in [1.54, 1.807) is 20.0 Å². The van der Waals surface area contributed by atoms with Gasteiger partial charge in [0.05, 0.1) is 11.3 Å². The number of halogens is 4. The average molecular weight is 361 g/mol. The van der Waals surface area contributed by atoms with E-state index in [1.165, 1.54) is 6.07 Å². The van der Waals surface area contributed by atoms with Crippen molar-refractivity contribution in [2.45, 2.75) is 13.1 Å². The molecule has 2 N–H and O–H groups in total. The molecular weight excluding hydrogens is 349 g/mol. The normalized spacial score (nSPS) is 11.3. The molecule has 2 aromatic rings. The van der Waals surface area contributed by atoms with E-state index in [9.17, 15) is 13.2 Å². The molecule has 1 aromatic heterocycles. The SMILES string of the molecule is CNc1nc(C)cc(Nc2cc(C(F)(F)F)ccc2Br)n1. The van der Waals surface area contributed by atoms with Gasteiger partial charge < -0.3 is 10.6 Å². The van der Waals surface area contributed by atoms with E-state index in [0.29, 0.717) is 21.9 Å². The van der Waals surface area contributed by atoms with Crippen LogP contribution in [0.2, 0.25) is 0 Å². The Balaban J connectivity index is 2.37. The van der Waals surface area contributed by atoms with Gasteiger partial charge in [-0.1, -0.05) is 0 Å². The highest BCUT2D eigenvalue weighted by Crippen LogP contribution is 2.34. The van der Waals surface area contributed by atoms with Crippen LogP contribution in [0.3, 0.4) is 0 Å². The van der Waals surface area contributed by atoms with Crippen LogP contribution in [0.25, 0.3) is 0 Å². The maximum absolute atomic E-state index is 12.7. The second kappa shape index (κ2) is 5.88. The summed E-state index contributed by atoms with van der Waals surface area (Å²) in [5.74, 6) is 0.799. The van der Waals surface area contributed by atoms with Crippen molar-refractivity contribution >= 4 is 33.4 Å². The molecule has 0 aliphatic heterocycles. The number of hydrogen-bond donors (Lipinski definition) is 2. The Hall–Kier alpha value is -1.83. The van der Waals surface area contributed by atoms with Gasteiger partial charge >= 0.3 is 6.18 Å². The number of rotatable bonds is 3. The molecule has 0 aliphatic carbocycles. The number of anilines is 3. The maximum Gasteiger partial charge on any atom is 0.416 e. The van der Waals surface area contributed by atoms with Crippen molar-refractivity contribution in [3.05, 3.63) is 40.0 Å². The Morgan fingerprint density at radius 3 is 2.48 bits per heavy atom. The molecule has 4 nitrogen and oxygen atoms in total. The summed E-state index contributed by atoms with van der Waals surface area (Å²) in [6.07, 6.45) is -4.39. The van der Waals surface area contributed by atoms with E-state index in [-0.39, 0.29) is 5.69 Å². The molecule has 1 heterocycles. The Morgan fingerprint density at radius 1 is 1.14 bits per heavy atom. The predicted molar refractivity (Wildman–Crippen MR) is 78.7 cm³/mol. The monoisotopic (exact) mass is 360 g/mol. The summed E-state index contributed by atoms with van der Waals surface area (Å²) >= 11 is 3.22. The highest BCUT2D eigenvalue weighted by Gasteiger charge is 2.30. The van der Waals surface area contributed by atoms with Crippen LogP contribution < -0.4 is 10.6 Å². The van der Waals surface area contributed by atoms with Gasteiger partial charge in [-0.05, 0) is 41.1 Å². The molecule has 0 radical (unpaired) electrons. The fraction of sp³-hybridized carbons (Fsp3) is 0.231. The number of hydrogen-bond acceptors (Lipinski definition) is 4. The van der Waals surface area contributed by atoms with E-state index >= 15 is 0 Å². The molecule has 0 aliphatic rings. The first-order chi connectivity index (χ1) is 9.79. The van der Waals surface area contributed by atoms with Crippen LogP contribution in [0.1, 0.15) is 11.3 Å². The van der Waals surface area contributed by atoms with Gasteiger partial charge in [-0.25, -0.2) is 4.98 Å². The number of aromatic nitrogens is 2. The molecule has 112 valence electrons. The smallest absolute Gasteiger partial charge is 0.357 e. The zero-order valence-corrected chi connectivity index (χ0v) is 12.8. The second-order valence-electron chi connectivity index (χ2n) is 4.29. The van der Waals surface area contributed by atoms with E-state index in [2.05, 4.69) is 36.5 Å². The molecular formula is C13H12BrF3N4. The van der Waals surface area contributed by atoms with E-state index in [1.807, 2.05) is 0 Å². The largest absolute Gasteiger partial charge is 0.416 e. The minimum Gasteiger partial charge on any atom is -0.357 e. The quantitative estimate of drug-likeness (QED) is 0.854. The Bertz CT molecular complexity index is 658. The van der Waals surface area contributed by atoms with E-state index < -0.39 is 11.7 Å². The maximum atomic E-state index is 12.7.